The van der Waals surface area contributed by atoms with Crippen molar-refractivity contribution >= 4 is 40.5 Å². The molecular weight excluding hydrogens is 350 g/mol. The zero-order valence-corrected chi connectivity index (χ0v) is 14.9. The topological polar surface area (TPSA) is 75.6 Å². The van der Waals surface area contributed by atoms with Crippen LogP contribution in [0.5, 0.6) is 5.75 Å². The number of ether oxygens (including phenoxy) is 1. The number of carbonyl (C=O) groups is 2. The number of halogens is 1. The molecule has 1 aromatic heterocycles. The standard InChI is InChI=1S/C17H18ClNO4S/c1-10(2)23-14-6-3-11(17(21)22)9-13(14)19-16(20)8-5-12-4-7-15(18)24-12/h3-4,6-7,9-10H,5,8H2,1-2H3,(H,19,20)(H,21,22). The SMILES string of the molecule is CC(C)Oc1ccc(C(=O)O)cc1NC(=O)CCc1ccc(Cl)s1. The Morgan fingerprint density at radius 1 is 1.29 bits per heavy atom. The molecule has 0 saturated carbocycles. The number of thiophene rings is 1. The smallest absolute Gasteiger partial charge is 0.335 e. The predicted octanol–water partition coefficient (Wildman–Crippen LogP) is 4.46. The normalized spacial score (nSPS) is 10.7. The van der Waals surface area contributed by atoms with Gasteiger partial charge in [-0.1, -0.05) is 11.6 Å². The second kappa shape index (κ2) is 8.17. The third kappa shape index (κ3) is 5.25. The monoisotopic (exact) mass is 367 g/mol. The average Bonchev–Trinajstić information content (AvgIpc) is 2.92. The number of benzene rings is 1. The summed E-state index contributed by atoms with van der Waals surface area (Å²) in [7, 11) is 0. The van der Waals surface area contributed by atoms with E-state index >= 15 is 0 Å². The summed E-state index contributed by atoms with van der Waals surface area (Å²) < 4.78 is 6.31. The van der Waals surface area contributed by atoms with E-state index in [0.717, 1.165) is 4.88 Å². The molecule has 1 aromatic carbocycles. The van der Waals surface area contributed by atoms with Gasteiger partial charge in [0.1, 0.15) is 5.75 Å². The lowest BCUT2D eigenvalue weighted by molar-refractivity contribution is -0.116. The Bertz CT molecular complexity index is 742. The van der Waals surface area contributed by atoms with E-state index < -0.39 is 5.97 Å². The third-order valence-electron chi connectivity index (χ3n) is 3.09. The third-order valence-corrected chi connectivity index (χ3v) is 4.38. The fraction of sp³-hybridized carbons (Fsp3) is 0.294. The molecule has 0 aliphatic rings. The van der Waals surface area contributed by atoms with Crippen molar-refractivity contribution in [2.45, 2.75) is 32.8 Å². The molecule has 0 aliphatic carbocycles. The van der Waals surface area contributed by atoms with Crippen molar-refractivity contribution in [3.8, 4) is 5.75 Å². The molecule has 0 radical (unpaired) electrons. The van der Waals surface area contributed by atoms with E-state index in [4.69, 9.17) is 21.4 Å². The molecule has 0 bridgehead atoms. The lowest BCUT2D eigenvalue weighted by Gasteiger charge is -2.15. The zero-order valence-electron chi connectivity index (χ0n) is 13.3. The van der Waals surface area contributed by atoms with Gasteiger partial charge < -0.3 is 15.2 Å². The van der Waals surface area contributed by atoms with Gasteiger partial charge >= 0.3 is 5.97 Å². The Labute approximate surface area is 149 Å². The number of nitrogens with one attached hydrogen (secondary N) is 1. The average molecular weight is 368 g/mol. The van der Waals surface area contributed by atoms with E-state index in [1.165, 1.54) is 23.5 Å². The molecule has 1 amide bonds. The molecule has 2 aromatic rings. The van der Waals surface area contributed by atoms with Crippen LogP contribution in [0.3, 0.4) is 0 Å². The molecule has 0 spiro atoms. The summed E-state index contributed by atoms with van der Waals surface area (Å²) in [5.41, 5.74) is 0.448. The van der Waals surface area contributed by atoms with Gasteiger partial charge in [0.15, 0.2) is 0 Å². The Hall–Kier alpha value is -2.05. The lowest BCUT2D eigenvalue weighted by atomic mass is 10.1. The number of aryl methyl sites for hydroxylation is 1. The van der Waals surface area contributed by atoms with Gasteiger partial charge in [-0.3, -0.25) is 4.79 Å². The molecule has 0 atom stereocenters. The molecule has 1 heterocycles. The predicted molar refractivity (Wildman–Crippen MR) is 95.4 cm³/mol. The van der Waals surface area contributed by atoms with Crippen LogP contribution in [0.15, 0.2) is 30.3 Å². The molecule has 2 rings (SSSR count). The summed E-state index contributed by atoms with van der Waals surface area (Å²) in [6, 6.07) is 8.09. The van der Waals surface area contributed by atoms with Gasteiger partial charge in [-0.15, -0.1) is 11.3 Å². The molecule has 128 valence electrons. The van der Waals surface area contributed by atoms with Crippen LogP contribution >= 0.6 is 22.9 Å². The molecule has 5 nitrogen and oxygen atoms in total. The van der Waals surface area contributed by atoms with Crippen LogP contribution in [0.2, 0.25) is 4.34 Å². The lowest BCUT2D eigenvalue weighted by Crippen LogP contribution is -2.15. The number of rotatable bonds is 7. The number of amides is 1. The first-order chi connectivity index (χ1) is 11.3. The number of anilines is 1. The number of carboxylic acids is 1. The summed E-state index contributed by atoms with van der Waals surface area (Å²) in [6.45, 7) is 3.72. The minimum atomic E-state index is -1.06. The van der Waals surface area contributed by atoms with E-state index in [9.17, 15) is 9.59 Å². The van der Waals surface area contributed by atoms with Crippen LogP contribution in [-0.2, 0) is 11.2 Å². The van der Waals surface area contributed by atoms with Crippen molar-refractivity contribution < 1.29 is 19.4 Å². The molecule has 2 N–H and O–H groups in total. The van der Waals surface area contributed by atoms with Crippen LogP contribution < -0.4 is 10.1 Å². The van der Waals surface area contributed by atoms with Crippen molar-refractivity contribution in [2.75, 3.05) is 5.32 Å². The van der Waals surface area contributed by atoms with Gasteiger partial charge in [0.05, 0.1) is 21.7 Å². The van der Waals surface area contributed by atoms with E-state index in [0.29, 0.717) is 22.2 Å². The highest BCUT2D eigenvalue weighted by Gasteiger charge is 2.13. The van der Waals surface area contributed by atoms with Crippen molar-refractivity contribution in [3.05, 3.63) is 45.1 Å². The van der Waals surface area contributed by atoms with Gasteiger partial charge in [0.2, 0.25) is 5.91 Å². The molecule has 0 fully saturated rings. The van der Waals surface area contributed by atoms with Crippen molar-refractivity contribution in [1.29, 1.82) is 0 Å². The maximum Gasteiger partial charge on any atom is 0.335 e. The van der Waals surface area contributed by atoms with Crippen LogP contribution in [0, 0.1) is 0 Å². The minimum Gasteiger partial charge on any atom is -0.489 e. The van der Waals surface area contributed by atoms with Gasteiger partial charge in [0, 0.05) is 11.3 Å². The van der Waals surface area contributed by atoms with Crippen molar-refractivity contribution in [1.82, 2.24) is 0 Å². The number of carboxylic acid groups (broad SMARTS) is 1. The maximum atomic E-state index is 12.2. The highest BCUT2D eigenvalue weighted by molar-refractivity contribution is 7.16. The fourth-order valence-corrected chi connectivity index (χ4v) is 3.14. The fourth-order valence-electron chi connectivity index (χ4n) is 2.05. The minimum absolute atomic E-state index is 0.0893. The van der Waals surface area contributed by atoms with Gasteiger partial charge in [-0.05, 0) is 50.6 Å². The summed E-state index contributed by atoms with van der Waals surface area (Å²) >= 11 is 7.30. The quantitative estimate of drug-likeness (QED) is 0.757. The van der Waals surface area contributed by atoms with E-state index in [1.54, 1.807) is 12.1 Å². The molecule has 0 unspecified atom stereocenters. The number of aromatic carboxylic acids is 1. The highest BCUT2D eigenvalue weighted by Crippen LogP contribution is 2.28. The summed E-state index contributed by atoms with van der Waals surface area (Å²) in [5, 5.41) is 11.8. The Morgan fingerprint density at radius 2 is 2.04 bits per heavy atom. The Kier molecular flexibility index (Phi) is 6.23. The zero-order chi connectivity index (χ0) is 17.7. The summed E-state index contributed by atoms with van der Waals surface area (Å²) in [4.78, 5) is 24.3. The second-order valence-corrected chi connectivity index (χ2v) is 7.24. The number of carbonyl (C=O) groups excluding carboxylic acids is 1. The van der Waals surface area contributed by atoms with E-state index in [1.807, 2.05) is 19.9 Å². The van der Waals surface area contributed by atoms with Gasteiger partial charge in [-0.2, -0.15) is 0 Å². The molecule has 7 heteroatoms. The van der Waals surface area contributed by atoms with Crippen LogP contribution in [0.1, 0.15) is 35.5 Å². The van der Waals surface area contributed by atoms with Crippen LogP contribution in [0.4, 0.5) is 5.69 Å². The molecule has 0 saturated heterocycles. The molecule has 0 aliphatic heterocycles. The Morgan fingerprint density at radius 3 is 2.62 bits per heavy atom. The summed E-state index contributed by atoms with van der Waals surface area (Å²) in [6.07, 6.45) is 0.752. The molecular formula is C17H18ClNO4S. The second-order valence-electron chi connectivity index (χ2n) is 5.44. The first kappa shape index (κ1) is 18.3. The van der Waals surface area contributed by atoms with E-state index in [-0.39, 0.29) is 24.0 Å². The van der Waals surface area contributed by atoms with Crippen LogP contribution in [-0.4, -0.2) is 23.1 Å². The van der Waals surface area contributed by atoms with Crippen molar-refractivity contribution in [3.63, 3.8) is 0 Å². The maximum absolute atomic E-state index is 12.2. The first-order valence-corrected chi connectivity index (χ1v) is 8.62. The number of hydrogen-bond donors (Lipinski definition) is 2. The summed E-state index contributed by atoms with van der Waals surface area (Å²) in [5.74, 6) is -0.826. The van der Waals surface area contributed by atoms with Gasteiger partial charge in [-0.25, -0.2) is 4.79 Å². The Balaban J connectivity index is 2.08. The first-order valence-electron chi connectivity index (χ1n) is 7.43. The molecule has 24 heavy (non-hydrogen) atoms. The largest absolute Gasteiger partial charge is 0.489 e. The number of hydrogen-bond acceptors (Lipinski definition) is 4. The van der Waals surface area contributed by atoms with Crippen LogP contribution in [0.25, 0.3) is 0 Å². The van der Waals surface area contributed by atoms with Crippen molar-refractivity contribution in [2.24, 2.45) is 0 Å². The van der Waals surface area contributed by atoms with E-state index in [2.05, 4.69) is 5.32 Å². The van der Waals surface area contributed by atoms with Gasteiger partial charge in [0.25, 0.3) is 0 Å². The highest BCUT2D eigenvalue weighted by atomic mass is 35.5.